The van der Waals surface area contributed by atoms with Crippen LogP contribution in [0.4, 0.5) is 35.1 Å². The van der Waals surface area contributed by atoms with Gasteiger partial charge in [0.1, 0.15) is 5.03 Å². The van der Waals surface area contributed by atoms with Gasteiger partial charge < -0.3 is 4.74 Å². The van der Waals surface area contributed by atoms with Gasteiger partial charge in [-0.15, -0.1) is 6.42 Å². The molecule has 0 spiro atoms. The molecule has 11 heteroatoms. The number of carbonyl (C=O) groups is 1. The second-order valence-electron chi connectivity index (χ2n) is 6.83. The minimum Gasteiger partial charge on any atom is -0.444 e. The number of alkyl halides is 8. The lowest BCUT2D eigenvalue weighted by molar-refractivity contribution is -0.259. The lowest BCUT2D eigenvalue weighted by atomic mass is 10.1. The summed E-state index contributed by atoms with van der Waals surface area (Å²) >= 11 is 5.14. The molecule has 2 nitrogen and oxygen atoms in total. The van der Waals surface area contributed by atoms with E-state index in [2.05, 4.69) is 0 Å². The molecule has 3 atom stereocenters. The van der Waals surface area contributed by atoms with Crippen molar-refractivity contribution in [3.8, 4) is 12.3 Å². The SMILES string of the molecule is C#CC(OC(=O)C1C(C=C(Cl)C(F)(F)F)C1(C)C)C(C)=CC(F)(F)C(F)(F)F. The Balaban J connectivity index is 2.98. The number of hydrogen-bond donors (Lipinski definition) is 0. The van der Waals surface area contributed by atoms with Gasteiger partial charge in [-0.1, -0.05) is 37.4 Å². The normalized spacial score (nSPS) is 24.4. The predicted octanol–water partition coefficient (Wildman–Crippen LogP) is 5.63. The molecule has 1 aliphatic carbocycles. The van der Waals surface area contributed by atoms with Gasteiger partial charge in [0.15, 0.2) is 6.10 Å². The van der Waals surface area contributed by atoms with Crippen LogP contribution in [0.3, 0.4) is 0 Å². The van der Waals surface area contributed by atoms with Gasteiger partial charge in [0.05, 0.1) is 5.92 Å². The second-order valence-corrected chi connectivity index (χ2v) is 7.24. The van der Waals surface area contributed by atoms with Crippen LogP contribution in [-0.2, 0) is 9.53 Å². The van der Waals surface area contributed by atoms with Crippen LogP contribution in [0, 0.1) is 29.6 Å². The molecule has 158 valence electrons. The highest BCUT2D eigenvalue weighted by Gasteiger charge is 2.62. The van der Waals surface area contributed by atoms with Crippen LogP contribution in [0.2, 0.25) is 0 Å². The van der Waals surface area contributed by atoms with Gasteiger partial charge in [0.2, 0.25) is 0 Å². The van der Waals surface area contributed by atoms with E-state index in [1.54, 1.807) is 5.92 Å². The summed E-state index contributed by atoms with van der Waals surface area (Å²) in [7, 11) is 0. The van der Waals surface area contributed by atoms with Gasteiger partial charge in [-0.3, -0.25) is 4.79 Å². The van der Waals surface area contributed by atoms with E-state index in [1.807, 2.05) is 0 Å². The van der Waals surface area contributed by atoms with Gasteiger partial charge >= 0.3 is 24.2 Å². The first-order valence-corrected chi connectivity index (χ1v) is 7.99. The van der Waals surface area contributed by atoms with Crippen molar-refractivity contribution in [3.05, 3.63) is 22.8 Å². The lowest BCUT2D eigenvalue weighted by Gasteiger charge is -2.19. The van der Waals surface area contributed by atoms with Gasteiger partial charge in [-0.05, 0) is 29.9 Å². The molecule has 0 radical (unpaired) electrons. The Kier molecular flexibility index (Phi) is 6.57. The molecule has 0 aromatic rings. The van der Waals surface area contributed by atoms with Crippen molar-refractivity contribution in [1.82, 2.24) is 0 Å². The first-order chi connectivity index (χ1) is 12.4. The van der Waals surface area contributed by atoms with Crippen molar-refractivity contribution in [2.45, 2.75) is 45.2 Å². The van der Waals surface area contributed by atoms with Crippen molar-refractivity contribution in [2.24, 2.45) is 17.3 Å². The fourth-order valence-corrected chi connectivity index (χ4v) is 2.72. The number of halogens is 9. The highest BCUT2D eigenvalue weighted by molar-refractivity contribution is 6.30. The lowest BCUT2D eigenvalue weighted by Crippen LogP contribution is -2.35. The molecule has 0 bridgehead atoms. The standard InChI is InChI=1S/C17H15ClF8O2/c1-5-10(8(2)7-15(19,20)17(24,25)26)28-13(27)12-9(14(12,3)4)6-11(18)16(21,22)23/h1,6-7,9-10,12H,2-4H3. The van der Waals surface area contributed by atoms with Crippen LogP contribution in [0.1, 0.15) is 20.8 Å². The Morgan fingerprint density at radius 3 is 2.07 bits per heavy atom. The molecule has 0 aromatic heterocycles. The fourth-order valence-electron chi connectivity index (χ4n) is 2.58. The van der Waals surface area contributed by atoms with Gasteiger partial charge in [-0.2, -0.15) is 35.1 Å². The third-order valence-corrected chi connectivity index (χ3v) is 4.69. The van der Waals surface area contributed by atoms with E-state index >= 15 is 0 Å². The predicted molar refractivity (Wildman–Crippen MR) is 84.2 cm³/mol. The quantitative estimate of drug-likeness (QED) is 0.240. The van der Waals surface area contributed by atoms with Crippen LogP contribution in [0.25, 0.3) is 0 Å². The number of rotatable bonds is 5. The third-order valence-electron chi connectivity index (χ3n) is 4.35. The highest BCUT2D eigenvalue weighted by atomic mass is 35.5. The maximum atomic E-state index is 13.1. The first kappa shape index (κ1) is 24.3. The summed E-state index contributed by atoms with van der Waals surface area (Å²) in [6.07, 6.45) is -7.36. The summed E-state index contributed by atoms with van der Waals surface area (Å²) < 4.78 is 105. The number of hydrogen-bond acceptors (Lipinski definition) is 2. The molecule has 0 amide bonds. The van der Waals surface area contributed by atoms with Crippen LogP contribution in [0.5, 0.6) is 0 Å². The van der Waals surface area contributed by atoms with Crippen molar-refractivity contribution in [3.63, 3.8) is 0 Å². The Labute approximate surface area is 160 Å². The van der Waals surface area contributed by atoms with Crippen LogP contribution in [-0.4, -0.2) is 30.3 Å². The molecule has 1 fully saturated rings. The first-order valence-electron chi connectivity index (χ1n) is 7.61. The summed E-state index contributed by atoms with van der Waals surface area (Å²) in [6, 6.07) is 0. The third kappa shape index (κ3) is 5.19. The second kappa shape index (κ2) is 7.58. The average Bonchev–Trinajstić information content (AvgIpc) is 3.02. The molecule has 0 heterocycles. The van der Waals surface area contributed by atoms with E-state index in [0.29, 0.717) is 6.08 Å². The van der Waals surface area contributed by atoms with E-state index in [-0.39, 0.29) is 0 Å². The number of esters is 1. The van der Waals surface area contributed by atoms with E-state index in [0.717, 1.165) is 6.92 Å². The van der Waals surface area contributed by atoms with E-state index < -0.39 is 64.3 Å². The van der Waals surface area contributed by atoms with E-state index in [4.69, 9.17) is 22.8 Å². The van der Waals surface area contributed by atoms with Gasteiger partial charge in [-0.25, -0.2) is 0 Å². The monoisotopic (exact) mass is 438 g/mol. The molecule has 1 aliphatic rings. The van der Waals surface area contributed by atoms with Crippen molar-refractivity contribution >= 4 is 17.6 Å². The molecule has 0 N–H and O–H groups in total. The topological polar surface area (TPSA) is 26.3 Å². The molecule has 3 unspecified atom stereocenters. The van der Waals surface area contributed by atoms with E-state index in [9.17, 15) is 39.9 Å². The van der Waals surface area contributed by atoms with Crippen LogP contribution < -0.4 is 0 Å². The zero-order valence-electron chi connectivity index (χ0n) is 14.7. The number of allylic oxidation sites excluding steroid dienone is 3. The number of ether oxygens (including phenoxy) is 1. The summed E-state index contributed by atoms with van der Waals surface area (Å²) in [4.78, 5) is 12.2. The number of carbonyl (C=O) groups excluding carboxylic acids is 1. The van der Waals surface area contributed by atoms with Crippen LogP contribution in [0.15, 0.2) is 22.8 Å². The van der Waals surface area contributed by atoms with Crippen molar-refractivity contribution < 1.29 is 44.7 Å². The Bertz CT molecular complexity index is 725. The summed E-state index contributed by atoms with van der Waals surface area (Å²) in [6.45, 7) is 3.69. The Morgan fingerprint density at radius 2 is 1.68 bits per heavy atom. The van der Waals surface area contributed by atoms with Crippen molar-refractivity contribution in [1.29, 1.82) is 0 Å². The maximum Gasteiger partial charge on any atom is 0.457 e. The fraction of sp³-hybridized carbons (Fsp3) is 0.588. The van der Waals surface area contributed by atoms with Crippen molar-refractivity contribution in [2.75, 3.05) is 0 Å². The largest absolute Gasteiger partial charge is 0.457 e. The molecule has 1 rings (SSSR count). The highest BCUT2D eigenvalue weighted by Crippen LogP contribution is 2.60. The van der Waals surface area contributed by atoms with Gasteiger partial charge in [0, 0.05) is 0 Å². The Hall–Kier alpha value is -1.76. The van der Waals surface area contributed by atoms with E-state index in [1.165, 1.54) is 13.8 Å². The summed E-state index contributed by atoms with van der Waals surface area (Å²) in [5.41, 5.74) is -1.76. The molecule has 1 saturated carbocycles. The molecular weight excluding hydrogens is 424 g/mol. The molecule has 0 aromatic carbocycles. The molecular formula is C17H15ClF8O2. The minimum atomic E-state index is -5.87. The Morgan fingerprint density at radius 1 is 1.18 bits per heavy atom. The minimum absolute atomic E-state index is 0.471. The maximum absolute atomic E-state index is 13.1. The van der Waals surface area contributed by atoms with Crippen LogP contribution >= 0.6 is 11.6 Å². The molecule has 28 heavy (non-hydrogen) atoms. The molecule has 0 saturated heterocycles. The number of terminal acetylenes is 1. The summed E-state index contributed by atoms with van der Waals surface area (Å²) in [5.74, 6) is -6.69. The zero-order valence-corrected chi connectivity index (χ0v) is 15.4. The smallest absolute Gasteiger partial charge is 0.444 e. The van der Waals surface area contributed by atoms with Gasteiger partial charge in [0.25, 0.3) is 0 Å². The average molecular weight is 439 g/mol. The summed E-state index contributed by atoms with van der Waals surface area (Å²) in [5, 5.41) is -1.45. The zero-order chi connectivity index (χ0) is 22.3. The molecule has 0 aliphatic heterocycles.